The van der Waals surface area contributed by atoms with Crippen LogP contribution in [0.4, 0.5) is 11.4 Å². The number of anilines is 2. The fourth-order valence-electron chi connectivity index (χ4n) is 4.23. The Bertz CT molecular complexity index is 778. The van der Waals surface area contributed by atoms with E-state index in [0.29, 0.717) is 6.04 Å². The molecule has 4 rings (SSSR count). The maximum atomic E-state index is 3.89. The highest BCUT2D eigenvalue weighted by Gasteiger charge is 2.35. The molecule has 2 aliphatic heterocycles. The Kier molecular flexibility index (Phi) is 3.84. The SMILES string of the molecule is C=CCCC[C@@H]1c2cc(C)ccc2N2Cc3cc(C)ccc3N1C2. The first-order valence-electron chi connectivity index (χ1n) is 9.00. The van der Waals surface area contributed by atoms with Gasteiger partial charge in [0, 0.05) is 17.9 Å². The summed E-state index contributed by atoms with van der Waals surface area (Å²) in [6, 6.07) is 14.4. The predicted molar refractivity (Wildman–Crippen MR) is 103 cm³/mol. The van der Waals surface area contributed by atoms with E-state index >= 15 is 0 Å². The van der Waals surface area contributed by atoms with E-state index in [9.17, 15) is 0 Å². The van der Waals surface area contributed by atoms with Gasteiger partial charge in [0.15, 0.2) is 0 Å². The number of rotatable bonds is 4. The monoisotopic (exact) mass is 318 g/mol. The maximum Gasteiger partial charge on any atom is 0.0912 e. The molecule has 2 aromatic rings. The van der Waals surface area contributed by atoms with Crippen LogP contribution in [-0.2, 0) is 6.54 Å². The zero-order valence-electron chi connectivity index (χ0n) is 14.8. The fraction of sp³-hybridized carbons (Fsp3) is 0.364. The van der Waals surface area contributed by atoms with E-state index in [1.165, 1.54) is 46.5 Å². The molecular formula is C22H26N2. The van der Waals surface area contributed by atoms with Gasteiger partial charge in [-0.1, -0.05) is 41.5 Å². The van der Waals surface area contributed by atoms with Gasteiger partial charge < -0.3 is 9.80 Å². The molecule has 124 valence electrons. The Morgan fingerprint density at radius 3 is 2.62 bits per heavy atom. The predicted octanol–water partition coefficient (Wildman–Crippen LogP) is 5.50. The minimum atomic E-state index is 0.470. The van der Waals surface area contributed by atoms with Crippen LogP contribution in [0, 0.1) is 13.8 Å². The number of benzene rings is 2. The molecule has 2 bridgehead atoms. The third kappa shape index (κ3) is 2.50. The highest BCUT2D eigenvalue weighted by molar-refractivity contribution is 5.70. The Balaban J connectivity index is 1.79. The van der Waals surface area contributed by atoms with E-state index in [0.717, 1.165) is 19.6 Å². The second kappa shape index (κ2) is 6.01. The van der Waals surface area contributed by atoms with Crippen molar-refractivity contribution in [2.75, 3.05) is 16.5 Å². The molecule has 0 fully saturated rings. The van der Waals surface area contributed by atoms with Crippen molar-refractivity contribution in [2.24, 2.45) is 0 Å². The minimum Gasteiger partial charge on any atom is -0.349 e. The van der Waals surface area contributed by atoms with Crippen molar-refractivity contribution >= 4 is 11.4 Å². The second-order valence-electron chi connectivity index (χ2n) is 7.24. The normalized spacial score (nSPS) is 18.2. The Morgan fingerprint density at radius 2 is 1.83 bits per heavy atom. The fourth-order valence-corrected chi connectivity index (χ4v) is 4.23. The van der Waals surface area contributed by atoms with E-state index in [1.807, 2.05) is 6.08 Å². The summed E-state index contributed by atoms with van der Waals surface area (Å²) < 4.78 is 0. The molecule has 0 saturated carbocycles. The van der Waals surface area contributed by atoms with Crippen LogP contribution < -0.4 is 9.80 Å². The summed E-state index contributed by atoms with van der Waals surface area (Å²) in [4.78, 5) is 5.14. The van der Waals surface area contributed by atoms with Crippen molar-refractivity contribution in [3.8, 4) is 0 Å². The summed E-state index contributed by atoms with van der Waals surface area (Å²) in [5, 5.41) is 0. The molecule has 0 aromatic heterocycles. The molecule has 2 heteroatoms. The number of fused-ring (bicyclic) bond motifs is 6. The summed E-state index contributed by atoms with van der Waals surface area (Å²) in [5.74, 6) is 0. The summed E-state index contributed by atoms with van der Waals surface area (Å²) >= 11 is 0. The van der Waals surface area contributed by atoms with Crippen LogP contribution in [0.1, 0.15) is 47.6 Å². The lowest BCUT2D eigenvalue weighted by Gasteiger charge is -2.49. The van der Waals surface area contributed by atoms with Gasteiger partial charge in [0.1, 0.15) is 0 Å². The number of hydrogen-bond donors (Lipinski definition) is 0. The lowest BCUT2D eigenvalue weighted by Crippen LogP contribution is -2.48. The summed E-state index contributed by atoms with van der Waals surface area (Å²) in [7, 11) is 0. The van der Waals surface area contributed by atoms with Gasteiger partial charge in [0.05, 0.1) is 12.7 Å². The molecule has 0 saturated heterocycles. The van der Waals surface area contributed by atoms with Crippen molar-refractivity contribution < 1.29 is 0 Å². The van der Waals surface area contributed by atoms with Crippen molar-refractivity contribution in [2.45, 2.75) is 45.7 Å². The van der Waals surface area contributed by atoms with Gasteiger partial charge in [-0.05, 0) is 56.4 Å². The molecule has 2 aliphatic rings. The molecule has 0 N–H and O–H groups in total. The average Bonchev–Trinajstić information content (AvgIpc) is 2.57. The lowest BCUT2D eigenvalue weighted by molar-refractivity contribution is 0.507. The van der Waals surface area contributed by atoms with Crippen LogP contribution in [0.15, 0.2) is 49.1 Å². The quantitative estimate of drug-likeness (QED) is 0.542. The summed E-state index contributed by atoms with van der Waals surface area (Å²) in [6.07, 6.45) is 5.51. The van der Waals surface area contributed by atoms with Crippen LogP contribution in [0.25, 0.3) is 0 Å². The molecule has 0 radical (unpaired) electrons. The second-order valence-corrected chi connectivity index (χ2v) is 7.24. The topological polar surface area (TPSA) is 6.48 Å². The van der Waals surface area contributed by atoms with Crippen molar-refractivity contribution in [1.29, 1.82) is 0 Å². The molecule has 2 nitrogen and oxygen atoms in total. The van der Waals surface area contributed by atoms with Gasteiger partial charge in [-0.25, -0.2) is 0 Å². The lowest BCUT2D eigenvalue weighted by atomic mass is 9.90. The van der Waals surface area contributed by atoms with Gasteiger partial charge in [-0.2, -0.15) is 0 Å². The molecular weight excluding hydrogens is 292 g/mol. The van der Waals surface area contributed by atoms with Gasteiger partial charge >= 0.3 is 0 Å². The zero-order chi connectivity index (χ0) is 16.7. The molecule has 24 heavy (non-hydrogen) atoms. The van der Waals surface area contributed by atoms with Crippen LogP contribution in [0.3, 0.4) is 0 Å². The first kappa shape index (κ1) is 15.3. The molecule has 0 aliphatic carbocycles. The van der Waals surface area contributed by atoms with E-state index in [1.54, 1.807) is 0 Å². The third-order valence-electron chi connectivity index (χ3n) is 5.37. The standard InChI is InChI=1S/C22H26N2/c1-4-5-6-7-22-19-13-17(3)9-11-21(19)23-14-18-12-16(2)8-10-20(18)24(22)15-23/h4,8-13,22H,1,5-7,14-15H2,2-3H3/t22-/m1/s1. The van der Waals surface area contributed by atoms with E-state index in [-0.39, 0.29) is 0 Å². The van der Waals surface area contributed by atoms with E-state index in [4.69, 9.17) is 0 Å². The molecule has 1 atom stereocenters. The van der Waals surface area contributed by atoms with Gasteiger partial charge in [-0.15, -0.1) is 6.58 Å². The Hall–Kier alpha value is -2.22. The van der Waals surface area contributed by atoms with Crippen LogP contribution >= 0.6 is 0 Å². The minimum absolute atomic E-state index is 0.470. The average molecular weight is 318 g/mol. The first-order chi connectivity index (χ1) is 11.7. The van der Waals surface area contributed by atoms with Crippen LogP contribution in [-0.4, -0.2) is 6.67 Å². The molecule has 0 unspecified atom stereocenters. The van der Waals surface area contributed by atoms with E-state index < -0.39 is 0 Å². The largest absolute Gasteiger partial charge is 0.349 e. The van der Waals surface area contributed by atoms with Crippen molar-refractivity contribution in [3.05, 3.63) is 71.3 Å². The number of aryl methyl sites for hydroxylation is 2. The Labute approximate surface area is 145 Å². The van der Waals surface area contributed by atoms with Crippen LogP contribution in [0.2, 0.25) is 0 Å². The third-order valence-corrected chi connectivity index (χ3v) is 5.37. The molecule has 2 aromatic carbocycles. The number of unbranched alkanes of at least 4 members (excludes halogenated alkanes) is 1. The van der Waals surface area contributed by atoms with Gasteiger partial charge in [0.2, 0.25) is 0 Å². The van der Waals surface area contributed by atoms with Gasteiger partial charge in [-0.3, -0.25) is 0 Å². The number of allylic oxidation sites excluding steroid dienone is 1. The summed E-state index contributed by atoms with van der Waals surface area (Å²) in [5.41, 5.74) is 8.51. The van der Waals surface area contributed by atoms with E-state index in [2.05, 4.69) is 66.6 Å². The molecule has 0 spiro atoms. The highest BCUT2D eigenvalue weighted by atomic mass is 15.4. The van der Waals surface area contributed by atoms with Crippen molar-refractivity contribution in [3.63, 3.8) is 0 Å². The first-order valence-corrected chi connectivity index (χ1v) is 9.00. The molecule has 2 heterocycles. The summed E-state index contributed by atoms with van der Waals surface area (Å²) in [6.45, 7) is 10.3. The van der Waals surface area contributed by atoms with Crippen LogP contribution in [0.5, 0.6) is 0 Å². The Morgan fingerprint density at radius 1 is 1.08 bits per heavy atom. The maximum absolute atomic E-state index is 3.89. The smallest absolute Gasteiger partial charge is 0.0912 e. The van der Waals surface area contributed by atoms with Gasteiger partial charge in [0.25, 0.3) is 0 Å². The molecule has 0 amide bonds. The number of hydrogen-bond acceptors (Lipinski definition) is 2. The van der Waals surface area contributed by atoms with Crippen molar-refractivity contribution in [1.82, 2.24) is 0 Å². The highest BCUT2D eigenvalue weighted by Crippen LogP contribution is 2.46. The zero-order valence-corrected chi connectivity index (χ0v) is 14.8. The number of nitrogens with zero attached hydrogens (tertiary/aromatic N) is 2.